The summed E-state index contributed by atoms with van der Waals surface area (Å²) in [5.41, 5.74) is 3.03. The summed E-state index contributed by atoms with van der Waals surface area (Å²) in [6, 6.07) is 23.0. The SMILES string of the molecule is Br.C=CC1C[N+]2(Cc3cccc4ccccc34)CCC1CC2[C@H]([O-])c1ccnc2ccc(OC)cc12. The highest BCUT2D eigenvalue weighted by molar-refractivity contribution is 8.93. The summed E-state index contributed by atoms with van der Waals surface area (Å²) >= 11 is 0. The van der Waals surface area contributed by atoms with Crippen LogP contribution in [-0.2, 0) is 6.54 Å². The molecule has 4 heterocycles. The topological polar surface area (TPSA) is 45.2 Å². The van der Waals surface area contributed by atoms with Gasteiger partial charge in [0, 0.05) is 35.9 Å². The van der Waals surface area contributed by atoms with E-state index in [2.05, 4.69) is 60.1 Å². The number of quaternary nitrogens is 1. The van der Waals surface area contributed by atoms with Crippen LogP contribution in [0.1, 0.15) is 30.1 Å². The molecule has 36 heavy (non-hydrogen) atoms. The highest BCUT2D eigenvalue weighted by Crippen LogP contribution is 2.47. The van der Waals surface area contributed by atoms with Gasteiger partial charge in [0.1, 0.15) is 12.3 Å². The predicted molar refractivity (Wildman–Crippen MR) is 149 cm³/mol. The summed E-state index contributed by atoms with van der Waals surface area (Å²) in [6.45, 7) is 7.09. The average molecular weight is 546 g/mol. The van der Waals surface area contributed by atoms with Crippen molar-refractivity contribution in [2.45, 2.75) is 31.5 Å². The number of halogens is 1. The molecule has 4 unspecified atom stereocenters. The lowest BCUT2D eigenvalue weighted by atomic mass is 9.71. The predicted octanol–water partition coefficient (Wildman–Crippen LogP) is 5.99. The number of fused-ring (bicyclic) bond motifs is 5. The van der Waals surface area contributed by atoms with Crippen LogP contribution in [0.5, 0.6) is 5.75 Å². The Balaban J connectivity index is 0.00000267. The quantitative estimate of drug-likeness (QED) is 0.221. The summed E-state index contributed by atoms with van der Waals surface area (Å²) in [7, 11) is 1.66. The van der Waals surface area contributed by atoms with Crippen molar-refractivity contribution in [2.24, 2.45) is 11.8 Å². The molecule has 0 aliphatic carbocycles. The number of pyridine rings is 1. The van der Waals surface area contributed by atoms with E-state index in [1.807, 2.05) is 24.3 Å². The highest BCUT2D eigenvalue weighted by Gasteiger charge is 2.52. The van der Waals surface area contributed by atoms with Gasteiger partial charge in [-0.25, -0.2) is 0 Å². The smallest absolute Gasteiger partial charge is 0.119 e. The minimum absolute atomic E-state index is 0. The Morgan fingerprint density at radius 3 is 2.78 bits per heavy atom. The van der Waals surface area contributed by atoms with Crippen molar-refractivity contribution in [1.82, 2.24) is 4.98 Å². The molecule has 4 aromatic rings. The lowest BCUT2D eigenvalue weighted by Crippen LogP contribution is -2.68. The molecule has 186 valence electrons. The summed E-state index contributed by atoms with van der Waals surface area (Å²) < 4.78 is 6.31. The molecule has 3 aliphatic heterocycles. The molecule has 3 aliphatic rings. The van der Waals surface area contributed by atoms with E-state index in [0.29, 0.717) is 11.8 Å². The first-order chi connectivity index (χ1) is 17.1. The molecule has 5 heteroatoms. The van der Waals surface area contributed by atoms with Crippen molar-refractivity contribution in [3.8, 4) is 5.75 Å². The lowest BCUT2D eigenvalue weighted by molar-refractivity contribution is -0.990. The minimum Gasteiger partial charge on any atom is -0.844 e. The minimum atomic E-state index is -0.823. The molecule has 0 N–H and O–H groups in total. The van der Waals surface area contributed by atoms with Gasteiger partial charge in [0.15, 0.2) is 0 Å². The third-order valence-electron chi connectivity index (χ3n) is 8.68. The first-order valence-corrected chi connectivity index (χ1v) is 12.7. The van der Waals surface area contributed by atoms with Crippen LogP contribution in [0.4, 0.5) is 0 Å². The number of rotatable bonds is 6. The number of methoxy groups -OCH3 is 1. The Morgan fingerprint density at radius 2 is 1.94 bits per heavy atom. The second kappa shape index (κ2) is 9.97. The third kappa shape index (κ3) is 4.13. The fraction of sp³-hybridized carbons (Fsp3) is 0.323. The number of aromatic nitrogens is 1. The number of benzene rings is 3. The molecule has 0 amide bonds. The van der Waals surface area contributed by atoms with E-state index >= 15 is 0 Å². The van der Waals surface area contributed by atoms with Crippen molar-refractivity contribution in [3.05, 3.63) is 96.7 Å². The number of nitrogens with zero attached hydrogens (tertiary/aromatic N) is 2. The van der Waals surface area contributed by atoms with Crippen LogP contribution in [0.3, 0.4) is 0 Å². The van der Waals surface area contributed by atoms with E-state index in [1.165, 1.54) is 16.3 Å². The molecule has 0 saturated carbocycles. The van der Waals surface area contributed by atoms with Crippen molar-refractivity contribution in [2.75, 3.05) is 20.2 Å². The van der Waals surface area contributed by atoms with Crippen LogP contribution >= 0.6 is 17.0 Å². The molecule has 4 nitrogen and oxygen atoms in total. The van der Waals surface area contributed by atoms with Crippen LogP contribution in [0.25, 0.3) is 21.7 Å². The zero-order valence-corrected chi connectivity index (χ0v) is 22.4. The first kappa shape index (κ1) is 24.9. The van der Waals surface area contributed by atoms with E-state index < -0.39 is 6.10 Å². The standard InChI is InChI=1S/C31H32N2O2.BrH/c1-3-21-19-33(20-24-9-6-8-22-7-4-5-10-26(22)24)16-14-23(21)17-30(33)31(34)27-13-15-32-29-12-11-25(35-2)18-28(27)29;/h3-13,15,18,21,23,30-31H,1,14,16-17,19-20H2,2H3;1H/t21?,23?,30?,31-,33?;/m1./s1. The van der Waals surface area contributed by atoms with Gasteiger partial charge < -0.3 is 14.3 Å². The Labute approximate surface area is 223 Å². The molecule has 3 aromatic carbocycles. The normalized spacial score (nSPS) is 25.9. The van der Waals surface area contributed by atoms with Crippen molar-refractivity contribution in [1.29, 1.82) is 0 Å². The number of piperidine rings is 3. The van der Waals surface area contributed by atoms with E-state index in [9.17, 15) is 5.11 Å². The van der Waals surface area contributed by atoms with E-state index in [0.717, 1.165) is 59.2 Å². The van der Waals surface area contributed by atoms with Gasteiger partial charge in [-0.15, -0.1) is 23.6 Å². The van der Waals surface area contributed by atoms with Gasteiger partial charge in [0.2, 0.25) is 0 Å². The summed E-state index contributed by atoms with van der Waals surface area (Å²) in [6.07, 6.45) is 5.21. The van der Waals surface area contributed by atoms with Gasteiger partial charge in [0.05, 0.1) is 31.8 Å². The largest absolute Gasteiger partial charge is 0.844 e. The first-order valence-electron chi connectivity index (χ1n) is 12.7. The van der Waals surface area contributed by atoms with Crippen molar-refractivity contribution in [3.63, 3.8) is 0 Å². The summed E-state index contributed by atoms with van der Waals surface area (Å²) in [5, 5.41) is 17.9. The van der Waals surface area contributed by atoms with Gasteiger partial charge in [-0.1, -0.05) is 48.5 Å². The van der Waals surface area contributed by atoms with Crippen LogP contribution in [-0.4, -0.2) is 35.7 Å². The summed E-state index contributed by atoms with van der Waals surface area (Å²) in [4.78, 5) is 4.52. The van der Waals surface area contributed by atoms with Crippen LogP contribution in [0.2, 0.25) is 0 Å². The van der Waals surface area contributed by atoms with Crippen molar-refractivity contribution >= 4 is 38.7 Å². The molecule has 1 aromatic heterocycles. The maximum absolute atomic E-state index is 14.4. The number of hydrogen-bond acceptors (Lipinski definition) is 3. The average Bonchev–Trinajstić information content (AvgIpc) is 2.92. The molecule has 0 radical (unpaired) electrons. The van der Waals surface area contributed by atoms with Crippen LogP contribution in [0.15, 0.2) is 85.6 Å². The fourth-order valence-corrected chi connectivity index (χ4v) is 6.86. The van der Waals surface area contributed by atoms with E-state index in [4.69, 9.17) is 4.74 Å². The van der Waals surface area contributed by atoms with Crippen molar-refractivity contribution < 1.29 is 14.3 Å². The second-order valence-electron chi connectivity index (χ2n) is 10.4. The Hall–Kier alpha value is -2.73. The molecule has 3 saturated heterocycles. The van der Waals surface area contributed by atoms with Gasteiger partial charge >= 0.3 is 0 Å². The molecular formula is C31H33BrN2O2. The Bertz CT molecular complexity index is 1400. The van der Waals surface area contributed by atoms with E-state index in [1.54, 1.807) is 13.3 Å². The molecular weight excluding hydrogens is 512 g/mol. The van der Waals surface area contributed by atoms with Crippen LogP contribution < -0.4 is 9.84 Å². The maximum atomic E-state index is 14.4. The Morgan fingerprint density at radius 1 is 1.11 bits per heavy atom. The highest BCUT2D eigenvalue weighted by atomic mass is 79.9. The zero-order chi connectivity index (χ0) is 24.0. The second-order valence-corrected chi connectivity index (χ2v) is 10.4. The number of hydrogen-bond donors (Lipinski definition) is 0. The molecule has 0 spiro atoms. The lowest BCUT2D eigenvalue weighted by Gasteiger charge is -2.60. The van der Waals surface area contributed by atoms with Gasteiger partial charge in [-0.2, -0.15) is 0 Å². The van der Waals surface area contributed by atoms with E-state index in [-0.39, 0.29) is 23.0 Å². The molecule has 7 rings (SSSR count). The maximum Gasteiger partial charge on any atom is 0.119 e. The Kier molecular flexibility index (Phi) is 6.90. The fourth-order valence-electron chi connectivity index (χ4n) is 6.86. The third-order valence-corrected chi connectivity index (χ3v) is 8.68. The van der Waals surface area contributed by atoms with Gasteiger partial charge in [-0.3, -0.25) is 4.98 Å². The van der Waals surface area contributed by atoms with Gasteiger partial charge in [-0.05, 0) is 52.6 Å². The van der Waals surface area contributed by atoms with Gasteiger partial charge in [0.25, 0.3) is 0 Å². The zero-order valence-electron chi connectivity index (χ0n) is 20.7. The molecule has 3 fully saturated rings. The molecule has 5 atom stereocenters. The molecule has 2 bridgehead atoms. The summed E-state index contributed by atoms with van der Waals surface area (Å²) in [5.74, 6) is 1.77. The van der Waals surface area contributed by atoms with Crippen LogP contribution in [0, 0.1) is 11.8 Å². The number of ether oxygens (including phenoxy) is 1. The monoisotopic (exact) mass is 544 g/mol.